The van der Waals surface area contributed by atoms with Crippen LogP contribution in [0.2, 0.25) is 0 Å². The molecule has 0 saturated carbocycles. The number of sulfonamides is 1. The van der Waals surface area contributed by atoms with Crippen LogP contribution in [-0.2, 0) is 14.8 Å². The molecular formula is C20H28N4O4S. The van der Waals surface area contributed by atoms with Crippen molar-refractivity contribution in [2.75, 3.05) is 26.2 Å². The molecule has 8 nitrogen and oxygen atoms in total. The van der Waals surface area contributed by atoms with Gasteiger partial charge in [-0.2, -0.15) is 0 Å². The molecule has 0 unspecified atom stereocenters. The molecule has 0 aliphatic carbocycles. The van der Waals surface area contributed by atoms with Gasteiger partial charge in [0.1, 0.15) is 16.5 Å². The van der Waals surface area contributed by atoms with Crippen LogP contribution in [0.4, 0.5) is 4.79 Å². The SMILES string of the molecule is CC(C)(C)OC(=O)N1CC(S(=O)(=O)N2CCC(c3cnc4ccccn34)CC2)C1. The van der Waals surface area contributed by atoms with Crippen LogP contribution in [0, 0.1) is 0 Å². The summed E-state index contributed by atoms with van der Waals surface area (Å²) in [5, 5.41) is -0.539. The molecule has 0 atom stereocenters. The third-order valence-corrected chi connectivity index (χ3v) is 7.82. The Bertz CT molecular complexity index is 997. The summed E-state index contributed by atoms with van der Waals surface area (Å²) in [5.74, 6) is 0.290. The van der Waals surface area contributed by atoms with E-state index in [-0.39, 0.29) is 13.1 Å². The topological polar surface area (TPSA) is 84.2 Å². The molecule has 0 aromatic carbocycles. The fraction of sp³-hybridized carbons (Fsp3) is 0.600. The lowest BCUT2D eigenvalue weighted by molar-refractivity contribution is 0.0135. The minimum absolute atomic E-state index is 0.199. The van der Waals surface area contributed by atoms with Crippen molar-refractivity contribution in [2.24, 2.45) is 0 Å². The van der Waals surface area contributed by atoms with Crippen LogP contribution < -0.4 is 0 Å². The van der Waals surface area contributed by atoms with E-state index in [1.165, 1.54) is 4.90 Å². The van der Waals surface area contributed by atoms with Crippen molar-refractivity contribution in [2.45, 2.75) is 50.4 Å². The Morgan fingerprint density at radius 1 is 1.17 bits per heavy atom. The summed E-state index contributed by atoms with van der Waals surface area (Å²) in [4.78, 5) is 18.0. The van der Waals surface area contributed by atoms with E-state index in [1.807, 2.05) is 30.6 Å². The van der Waals surface area contributed by atoms with Gasteiger partial charge in [0.15, 0.2) is 0 Å². The highest BCUT2D eigenvalue weighted by molar-refractivity contribution is 7.89. The number of ether oxygens (including phenoxy) is 1. The van der Waals surface area contributed by atoms with E-state index in [9.17, 15) is 13.2 Å². The lowest BCUT2D eigenvalue weighted by Crippen LogP contribution is -2.61. The molecule has 2 saturated heterocycles. The van der Waals surface area contributed by atoms with Crippen LogP contribution >= 0.6 is 0 Å². The van der Waals surface area contributed by atoms with E-state index in [1.54, 1.807) is 25.1 Å². The standard InChI is InChI=1S/C20H28N4O4S/c1-20(2,3)28-19(25)22-13-16(14-22)29(26,27)23-10-7-15(8-11-23)17-12-21-18-6-4-5-9-24(17)18/h4-6,9,12,15-16H,7-8,10-11,13-14H2,1-3H3. The highest BCUT2D eigenvalue weighted by atomic mass is 32.2. The lowest BCUT2D eigenvalue weighted by Gasteiger charge is -2.42. The van der Waals surface area contributed by atoms with Crippen molar-refractivity contribution in [1.82, 2.24) is 18.6 Å². The number of amides is 1. The molecule has 0 radical (unpaired) electrons. The maximum absolute atomic E-state index is 13.0. The lowest BCUT2D eigenvalue weighted by atomic mass is 9.95. The zero-order chi connectivity index (χ0) is 20.8. The summed E-state index contributed by atoms with van der Waals surface area (Å²) in [6, 6.07) is 5.90. The summed E-state index contributed by atoms with van der Waals surface area (Å²) in [6.45, 7) is 6.79. The van der Waals surface area contributed by atoms with Gasteiger partial charge in [-0.25, -0.2) is 22.5 Å². The van der Waals surface area contributed by atoms with Gasteiger partial charge in [-0.3, -0.25) is 0 Å². The van der Waals surface area contributed by atoms with E-state index in [0.29, 0.717) is 19.0 Å². The Labute approximate surface area is 171 Å². The number of imidazole rings is 1. The maximum atomic E-state index is 13.0. The molecule has 0 spiro atoms. The van der Waals surface area contributed by atoms with Gasteiger partial charge in [-0.15, -0.1) is 0 Å². The molecular weight excluding hydrogens is 392 g/mol. The Morgan fingerprint density at radius 3 is 2.52 bits per heavy atom. The summed E-state index contributed by atoms with van der Waals surface area (Å²) < 4.78 is 34.9. The number of rotatable bonds is 3. The van der Waals surface area contributed by atoms with Gasteiger partial charge in [0, 0.05) is 50.2 Å². The molecule has 29 heavy (non-hydrogen) atoms. The molecule has 2 aliphatic heterocycles. The van der Waals surface area contributed by atoms with Gasteiger partial charge in [-0.05, 0) is 45.7 Å². The molecule has 1 amide bonds. The number of aromatic nitrogens is 2. The van der Waals surface area contributed by atoms with Crippen molar-refractivity contribution in [3.05, 3.63) is 36.3 Å². The van der Waals surface area contributed by atoms with Crippen molar-refractivity contribution in [3.8, 4) is 0 Å². The van der Waals surface area contributed by atoms with Gasteiger partial charge >= 0.3 is 6.09 Å². The zero-order valence-corrected chi connectivity index (χ0v) is 17.9. The second kappa shape index (κ2) is 7.28. The summed E-state index contributed by atoms with van der Waals surface area (Å²) in [7, 11) is -3.41. The molecule has 158 valence electrons. The molecule has 2 aromatic rings. The minimum Gasteiger partial charge on any atom is -0.444 e. The fourth-order valence-electron chi connectivity index (χ4n) is 3.97. The fourth-order valence-corrected chi connectivity index (χ4v) is 5.85. The molecule has 0 N–H and O–H groups in total. The first-order valence-electron chi connectivity index (χ1n) is 10.0. The number of piperidine rings is 1. The molecule has 9 heteroatoms. The molecule has 2 aromatic heterocycles. The first-order valence-corrected chi connectivity index (χ1v) is 11.5. The van der Waals surface area contributed by atoms with Gasteiger partial charge < -0.3 is 14.0 Å². The van der Waals surface area contributed by atoms with Crippen molar-refractivity contribution >= 4 is 21.8 Å². The number of hydrogen-bond acceptors (Lipinski definition) is 5. The van der Waals surface area contributed by atoms with Crippen LogP contribution in [0.3, 0.4) is 0 Å². The van der Waals surface area contributed by atoms with Crippen LogP contribution in [0.25, 0.3) is 5.65 Å². The predicted octanol–water partition coefficient (Wildman–Crippen LogP) is 2.46. The van der Waals surface area contributed by atoms with Crippen molar-refractivity contribution in [1.29, 1.82) is 0 Å². The number of pyridine rings is 1. The smallest absolute Gasteiger partial charge is 0.410 e. The normalized spacial score (nSPS) is 20.0. The monoisotopic (exact) mass is 420 g/mol. The molecule has 2 aliphatic rings. The van der Waals surface area contributed by atoms with E-state index in [4.69, 9.17) is 4.74 Å². The van der Waals surface area contributed by atoms with E-state index < -0.39 is 27.0 Å². The van der Waals surface area contributed by atoms with Crippen LogP contribution in [0.5, 0.6) is 0 Å². The molecule has 4 heterocycles. The second-order valence-corrected chi connectivity index (χ2v) is 11.1. The second-order valence-electron chi connectivity index (χ2n) is 8.84. The predicted molar refractivity (Wildman–Crippen MR) is 109 cm³/mol. The first-order chi connectivity index (χ1) is 13.6. The highest BCUT2D eigenvalue weighted by Gasteiger charge is 2.44. The number of likely N-dealkylation sites (tertiary alicyclic amines) is 1. The average Bonchev–Trinajstić information content (AvgIpc) is 3.03. The number of carbonyl (C=O) groups is 1. The maximum Gasteiger partial charge on any atom is 0.410 e. The number of hydrogen-bond donors (Lipinski definition) is 0. The summed E-state index contributed by atoms with van der Waals surface area (Å²) >= 11 is 0. The van der Waals surface area contributed by atoms with Crippen molar-refractivity contribution in [3.63, 3.8) is 0 Å². The largest absolute Gasteiger partial charge is 0.444 e. The van der Waals surface area contributed by atoms with Crippen LogP contribution in [-0.4, -0.2) is 70.1 Å². The first kappa shape index (κ1) is 20.2. The third kappa shape index (κ3) is 3.98. The van der Waals surface area contributed by atoms with Crippen molar-refractivity contribution < 1.29 is 17.9 Å². The number of fused-ring (bicyclic) bond motifs is 1. The minimum atomic E-state index is -3.41. The van der Waals surface area contributed by atoms with E-state index >= 15 is 0 Å². The number of nitrogens with zero attached hydrogens (tertiary/aromatic N) is 4. The molecule has 4 rings (SSSR count). The summed E-state index contributed by atoms with van der Waals surface area (Å²) in [6.07, 6.45) is 4.99. The van der Waals surface area contributed by atoms with Gasteiger partial charge in [0.2, 0.25) is 10.0 Å². The summed E-state index contributed by atoms with van der Waals surface area (Å²) in [5.41, 5.74) is 1.47. The molecule has 2 fully saturated rings. The number of carbonyl (C=O) groups excluding carboxylic acids is 1. The molecule has 0 bridgehead atoms. The Kier molecular flexibility index (Phi) is 5.06. The van der Waals surface area contributed by atoms with Gasteiger partial charge in [0.25, 0.3) is 0 Å². The van der Waals surface area contributed by atoms with E-state index in [0.717, 1.165) is 24.2 Å². The quantitative estimate of drug-likeness (QED) is 0.762. The van der Waals surface area contributed by atoms with Crippen LogP contribution in [0.15, 0.2) is 30.6 Å². The average molecular weight is 421 g/mol. The third-order valence-electron chi connectivity index (χ3n) is 5.60. The highest BCUT2D eigenvalue weighted by Crippen LogP contribution is 2.32. The Morgan fingerprint density at radius 2 is 1.86 bits per heavy atom. The van der Waals surface area contributed by atoms with Crippen LogP contribution in [0.1, 0.15) is 45.2 Å². The Hall–Kier alpha value is -2.13. The zero-order valence-electron chi connectivity index (χ0n) is 17.1. The van der Waals surface area contributed by atoms with E-state index in [2.05, 4.69) is 9.38 Å². The van der Waals surface area contributed by atoms with Gasteiger partial charge in [-0.1, -0.05) is 6.07 Å². The van der Waals surface area contributed by atoms with Gasteiger partial charge in [0.05, 0.1) is 0 Å². The Balaban J connectivity index is 1.34.